The Kier molecular flexibility index (Phi) is 4.24. The van der Waals surface area contributed by atoms with Gasteiger partial charge in [-0.3, -0.25) is 0 Å². The summed E-state index contributed by atoms with van der Waals surface area (Å²) in [5.74, 6) is 1.66. The number of nitrogens with one attached hydrogen (secondary N) is 1. The van der Waals surface area contributed by atoms with Crippen LogP contribution in [0.4, 0.5) is 10.1 Å². The maximum absolute atomic E-state index is 13.3. The van der Waals surface area contributed by atoms with E-state index < -0.39 is 0 Å². The van der Waals surface area contributed by atoms with Gasteiger partial charge in [0.25, 0.3) is 0 Å². The minimum Gasteiger partial charge on any atom is -0.375 e. The molecule has 1 unspecified atom stereocenters. The van der Waals surface area contributed by atoms with E-state index in [1.807, 2.05) is 17.8 Å². The summed E-state index contributed by atoms with van der Waals surface area (Å²) in [5.41, 5.74) is 3.38. The molecule has 1 aliphatic rings. The lowest BCUT2D eigenvalue weighted by Crippen LogP contribution is -2.19. The van der Waals surface area contributed by atoms with Crippen LogP contribution >= 0.6 is 39.3 Å². The highest BCUT2D eigenvalue weighted by molar-refractivity contribution is 9.10. The molecular weight excluding hydrogens is 361 g/mol. The predicted octanol–water partition coefficient (Wildman–Crippen LogP) is 5.64. The largest absolute Gasteiger partial charge is 0.375 e. The van der Waals surface area contributed by atoms with Gasteiger partial charge in [0.2, 0.25) is 0 Å². The van der Waals surface area contributed by atoms with E-state index in [0.717, 1.165) is 17.2 Å². The van der Waals surface area contributed by atoms with E-state index in [0.29, 0.717) is 9.50 Å². The Labute approximate surface area is 135 Å². The minimum absolute atomic E-state index is 0.184. The third-order valence-corrected chi connectivity index (χ3v) is 5.31. The first-order valence-electron chi connectivity index (χ1n) is 6.22. The lowest BCUT2D eigenvalue weighted by molar-refractivity contribution is 0.627. The molecular formula is C15H12BrClFNS. The van der Waals surface area contributed by atoms with E-state index in [9.17, 15) is 4.39 Å². The second-order valence-corrected chi connectivity index (χ2v) is 6.95. The molecule has 1 aliphatic heterocycles. The highest BCUT2D eigenvalue weighted by atomic mass is 79.9. The molecule has 0 fully saturated rings. The SMILES string of the molecule is Fc1cc(Cl)c(NC2CSCc3ccccc32)c(Br)c1. The molecule has 2 aromatic rings. The number of anilines is 1. The van der Waals surface area contributed by atoms with Crippen molar-refractivity contribution in [1.82, 2.24) is 0 Å². The normalized spacial score (nSPS) is 17.6. The number of benzene rings is 2. The Bertz CT molecular complexity index is 627. The molecule has 0 saturated heterocycles. The van der Waals surface area contributed by atoms with Gasteiger partial charge in [-0.2, -0.15) is 11.8 Å². The van der Waals surface area contributed by atoms with Gasteiger partial charge < -0.3 is 5.32 Å². The van der Waals surface area contributed by atoms with Crippen molar-refractivity contribution in [1.29, 1.82) is 0 Å². The van der Waals surface area contributed by atoms with E-state index in [1.165, 1.54) is 23.3 Å². The average molecular weight is 373 g/mol. The summed E-state index contributed by atoms with van der Waals surface area (Å²) in [6.45, 7) is 0. The lowest BCUT2D eigenvalue weighted by Gasteiger charge is -2.27. The summed E-state index contributed by atoms with van der Waals surface area (Å²) >= 11 is 11.4. The molecule has 1 heterocycles. The second kappa shape index (κ2) is 5.96. The molecule has 0 aliphatic carbocycles. The Balaban J connectivity index is 1.94. The molecule has 3 rings (SSSR count). The van der Waals surface area contributed by atoms with Gasteiger partial charge in [0.15, 0.2) is 0 Å². The number of rotatable bonds is 2. The van der Waals surface area contributed by atoms with Crippen LogP contribution in [0.5, 0.6) is 0 Å². The van der Waals surface area contributed by atoms with Crippen molar-refractivity contribution in [3.05, 3.63) is 62.8 Å². The van der Waals surface area contributed by atoms with Crippen molar-refractivity contribution in [3.8, 4) is 0 Å². The van der Waals surface area contributed by atoms with E-state index in [1.54, 1.807) is 0 Å². The molecule has 1 N–H and O–H groups in total. The Morgan fingerprint density at radius 3 is 2.90 bits per heavy atom. The molecule has 0 spiro atoms. The predicted molar refractivity (Wildman–Crippen MR) is 88.1 cm³/mol. The summed E-state index contributed by atoms with van der Waals surface area (Å²) in [6.07, 6.45) is 0. The van der Waals surface area contributed by atoms with Crippen molar-refractivity contribution in [3.63, 3.8) is 0 Å². The molecule has 2 aromatic carbocycles. The lowest BCUT2D eigenvalue weighted by atomic mass is 10.0. The van der Waals surface area contributed by atoms with Crippen LogP contribution in [0.2, 0.25) is 5.02 Å². The smallest absolute Gasteiger partial charge is 0.125 e. The summed E-state index contributed by atoms with van der Waals surface area (Å²) in [5, 5.41) is 3.83. The van der Waals surface area contributed by atoms with Gasteiger partial charge in [-0.15, -0.1) is 0 Å². The molecule has 0 radical (unpaired) electrons. The maximum atomic E-state index is 13.3. The minimum atomic E-state index is -0.342. The third kappa shape index (κ3) is 2.83. The van der Waals surface area contributed by atoms with Crippen LogP contribution < -0.4 is 5.32 Å². The van der Waals surface area contributed by atoms with E-state index in [-0.39, 0.29) is 11.9 Å². The fourth-order valence-electron chi connectivity index (χ4n) is 2.36. The number of thioether (sulfide) groups is 1. The number of hydrogen-bond donors (Lipinski definition) is 1. The van der Waals surface area contributed by atoms with Crippen molar-refractivity contribution in [2.75, 3.05) is 11.1 Å². The number of fused-ring (bicyclic) bond motifs is 1. The first-order valence-corrected chi connectivity index (χ1v) is 8.54. The van der Waals surface area contributed by atoms with Gasteiger partial charge in [0, 0.05) is 16.0 Å². The van der Waals surface area contributed by atoms with Crippen molar-refractivity contribution in [2.24, 2.45) is 0 Å². The highest BCUT2D eigenvalue weighted by Gasteiger charge is 2.21. The van der Waals surface area contributed by atoms with E-state index in [2.05, 4.69) is 39.4 Å². The van der Waals surface area contributed by atoms with Gasteiger partial charge in [-0.1, -0.05) is 35.9 Å². The highest BCUT2D eigenvalue weighted by Crippen LogP contribution is 2.38. The van der Waals surface area contributed by atoms with Crippen LogP contribution in [0, 0.1) is 5.82 Å². The van der Waals surface area contributed by atoms with Gasteiger partial charge in [0.1, 0.15) is 5.82 Å². The van der Waals surface area contributed by atoms with Gasteiger partial charge in [-0.05, 0) is 39.2 Å². The van der Waals surface area contributed by atoms with Crippen LogP contribution in [0.1, 0.15) is 17.2 Å². The zero-order chi connectivity index (χ0) is 14.1. The summed E-state index contributed by atoms with van der Waals surface area (Å²) in [4.78, 5) is 0. The third-order valence-electron chi connectivity index (χ3n) is 3.30. The quantitative estimate of drug-likeness (QED) is 0.732. The van der Waals surface area contributed by atoms with Crippen molar-refractivity contribution in [2.45, 2.75) is 11.8 Å². The molecule has 1 nitrogen and oxygen atoms in total. The van der Waals surface area contributed by atoms with Crippen LogP contribution in [-0.4, -0.2) is 5.75 Å². The molecule has 104 valence electrons. The van der Waals surface area contributed by atoms with Gasteiger partial charge in [0.05, 0.1) is 16.8 Å². The molecule has 0 amide bonds. The fourth-order valence-corrected chi connectivity index (χ4v) is 4.38. The van der Waals surface area contributed by atoms with Gasteiger partial charge >= 0.3 is 0 Å². The monoisotopic (exact) mass is 371 g/mol. The van der Waals surface area contributed by atoms with Crippen molar-refractivity contribution < 1.29 is 4.39 Å². The van der Waals surface area contributed by atoms with Gasteiger partial charge in [-0.25, -0.2) is 4.39 Å². The standard InChI is InChI=1S/C15H12BrClFNS/c16-12-5-10(18)6-13(17)15(12)19-14-8-20-7-9-3-1-2-4-11(9)14/h1-6,14,19H,7-8H2. The first-order chi connectivity index (χ1) is 9.65. The molecule has 1 atom stereocenters. The first kappa shape index (κ1) is 14.2. The Morgan fingerprint density at radius 2 is 2.10 bits per heavy atom. The second-order valence-electron chi connectivity index (χ2n) is 4.66. The summed E-state index contributed by atoms with van der Waals surface area (Å²) in [7, 11) is 0. The number of hydrogen-bond acceptors (Lipinski definition) is 2. The molecule has 0 saturated carbocycles. The van der Waals surface area contributed by atoms with Crippen molar-refractivity contribution >= 4 is 45.0 Å². The fraction of sp³-hybridized carbons (Fsp3) is 0.200. The van der Waals surface area contributed by atoms with E-state index in [4.69, 9.17) is 11.6 Å². The van der Waals surface area contributed by atoms with Crippen LogP contribution in [0.15, 0.2) is 40.9 Å². The van der Waals surface area contributed by atoms with Crippen LogP contribution in [-0.2, 0) is 5.75 Å². The zero-order valence-corrected chi connectivity index (χ0v) is 13.7. The zero-order valence-electron chi connectivity index (χ0n) is 10.5. The maximum Gasteiger partial charge on any atom is 0.125 e. The Hall–Kier alpha value is -0.710. The van der Waals surface area contributed by atoms with Crippen LogP contribution in [0.25, 0.3) is 0 Å². The molecule has 5 heteroatoms. The average Bonchev–Trinajstić information content (AvgIpc) is 2.43. The topological polar surface area (TPSA) is 12.0 Å². The van der Waals surface area contributed by atoms with Crippen LogP contribution in [0.3, 0.4) is 0 Å². The number of halogens is 3. The summed E-state index contributed by atoms with van der Waals surface area (Å²) < 4.78 is 13.9. The molecule has 0 aromatic heterocycles. The summed E-state index contributed by atoms with van der Waals surface area (Å²) in [6, 6.07) is 11.3. The van der Waals surface area contributed by atoms with E-state index >= 15 is 0 Å². The Morgan fingerprint density at radius 1 is 1.30 bits per heavy atom. The molecule has 20 heavy (non-hydrogen) atoms. The molecule has 0 bridgehead atoms.